The first-order chi connectivity index (χ1) is 12.0. The number of aromatic amines is 1. The van der Waals surface area contributed by atoms with Crippen LogP contribution >= 0.6 is 0 Å². The van der Waals surface area contributed by atoms with Gasteiger partial charge in [-0.25, -0.2) is 13.6 Å². The Morgan fingerprint density at radius 3 is 2.64 bits per heavy atom. The van der Waals surface area contributed by atoms with Crippen LogP contribution in [0.25, 0.3) is 10.9 Å². The number of carbonyl (C=O) groups is 2. The third-order valence-electron chi connectivity index (χ3n) is 3.97. The van der Waals surface area contributed by atoms with Gasteiger partial charge in [-0.1, -0.05) is 25.1 Å². The molecule has 6 heteroatoms. The summed E-state index contributed by atoms with van der Waals surface area (Å²) in [5.74, 6) is -3.47. The van der Waals surface area contributed by atoms with Crippen LogP contribution in [-0.4, -0.2) is 23.3 Å². The number of ether oxygens (including phenoxy) is 1. The monoisotopic (exact) mass is 343 g/mol. The number of hydrogen-bond acceptors (Lipinski definition) is 3. The largest absolute Gasteiger partial charge is 0.454 e. The first-order valence-electron chi connectivity index (χ1n) is 7.75. The fourth-order valence-electron chi connectivity index (χ4n) is 2.66. The fourth-order valence-corrected chi connectivity index (χ4v) is 2.66. The molecule has 128 valence electrons. The maximum Gasteiger partial charge on any atom is 0.338 e. The number of Topliss-reactive ketones (excluding diaryl/α,β-unsaturated/α-hetero) is 1. The van der Waals surface area contributed by atoms with E-state index >= 15 is 0 Å². The summed E-state index contributed by atoms with van der Waals surface area (Å²) in [5, 5.41) is 0.758. The topological polar surface area (TPSA) is 59.2 Å². The smallest absolute Gasteiger partial charge is 0.338 e. The second-order valence-corrected chi connectivity index (χ2v) is 5.52. The van der Waals surface area contributed by atoms with E-state index in [1.54, 1.807) is 6.20 Å². The van der Waals surface area contributed by atoms with Crippen molar-refractivity contribution in [3.8, 4) is 0 Å². The lowest BCUT2D eigenvalue weighted by Gasteiger charge is -2.05. The number of esters is 1. The standard InChI is InChI=1S/C19H15F2NO3/c1-2-11-4-3-5-13-14(9-22-18(11)13)17(23)10-25-19(24)12-6-7-15(20)16(21)8-12/h3-9,22H,2,10H2,1H3. The van der Waals surface area contributed by atoms with Crippen molar-refractivity contribution in [3.63, 3.8) is 0 Å². The zero-order chi connectivity index (χ0) is 18.0. The third-order valence-corrected chi connectivity index (χ3v) is 3.97. The van der Waals surface area contributed by atoms with Crippen LogP contribution in [0.4, 0.5) is 8.78 Å². The molecular formula is C19H15F2NO3. The van der Waals surface area contributed by atoms with Gasteiger partial charge in [0.25, 0.3) is 0 Å². The summed E-state index contributed by atoms with van der Waals surface area (Å²) in [6.45, 7) is 1.53. The summed E-state index contributed by atoms with van der Waals surface area (Å²) in [5.41, 5.74) is 2.22. The lowest BCUT2D eigenvalue weighted by Crippen LogP contribution is -2.14. The predicted molar refractivity (Wildman–Crippen MR) is 88.6 cm³/mol. The Labute approximate surface area is 142 Å². The number of fused-ring (bicyclic) bond motifs is 1. The quantitative estimate of drug-likeness (QED) is 0.562. The Hall–Kier alpha value is -3.02. The number of aryl methyl sites for hydroxylation is 1. The van der Waals surface area contributed by atoms with Crippen LogP contribution < -0.4 is 0 Å². The van der Waals surface area contributed by atoms with Gasteiger partial charge >= 0.3 is 5.97 Å². The molecule has 0 aliphatic carbocycles. The number of para-hydroxylation sites is 1. The van der Waals surface area contributed by atoms with E-state index in [2.05, 4.69) is 4.98 Å². The zero-order valence-electron chi connectivity index (χ0n) is 13.4. The van der Waals surface area contributed by atoms with Crippen molar-refractivity contribution < 1.29 is 23.1 Å². The van der Waals surface area contributed by atoms with Crippen molar-refractivity contribution in [2.45, 2.75) is 13.3 Å². The molecule has 25 heavy (non-hydrogen) atoms. The van der Waals surface area contributed by atoms with Gasteiger partial charge in [-0.05, 0) is 30.2 Å². The third kappa shape index (κ3) is 3.28. The van der Waals surface area contributed by atoms with Crippen molar-refractivity contribution in [1.29, 1.82) is 0 Å². The summed E-state index contributed by atoms with van der Waals surface area (Å²) >= 11 is 0. The number of H-pyrrole nitrogens is 1. The number of halogens is 2. The molecule has 1 heterocycles. The minimum Gasteiger partial charge on any atom is -0.454 e. The van der Waals surface area contributed by atoms with Gasteiger partial charge < -0.3 is 9.72 Å². The molecule has 0 bridgehead atoms. The maximum atomic E-state index is 13.2. The minimum absolute atomic E-state index is 0.154. The Bertz CT molecular complexity index is 962. The molecule has 0 saturated carbocycles. The molecule has 0 aliphatic rings. The summed E-state index contributed by atoms with van der Waals surface area (Å²) in [6.07, 6.45) is 2.40. The van der Waals surface area contributed by atoms with Crippen molar-refractivity contribution in [2.75, 3.05) is 6.61 Å². The number of hydrogen-bond donors (Lipinski definition) is 1. The van der Waals surface area contributed by atoms with E-state index < -0.39 is 24.2 Å². The van der Waals surface area contributed by atoms with Crippen LogP contribution in [0.5, 0.6) is 0 Å². The molecular weight excluding hydrogens is 328 g/mol. The molecule has 0 amide bonds. The lowest BCUT2D eigenvalue weighted by atomic mass is 10.1. The molecule has 0 aliphatic heterocycles. The zero-order valence-corrected chi connectivity index (χ0v) is 13.4. The van der Waals surface area contributed by atoms with Crippen molar-refractivity contribution in [1.82, 2.24) is 4.98 Å². The Balaban J connectivity index is 1.74. The van der Waals surface area contributed by atoms with E-state index in [0.717, 1.165) is 41.1 Å². The van der Waals surface area contributed by atoms with E-state index in [1.165, 1.54) is 0 Å². The number of benzene rings is 2. The van der Waals surface area contributed by atoms with E-state index in [1.807, 2.05) is 25.1 Å². The Morgan fingerprint density at radius 2 is 1.92 bits per heavy atom. The number of aromatic nitrogens is 1. The number of ketones is 1. The summed E-state index contributed by atoms with van der Waals surface area (Å²) in [6, 6.07) is 8.32. The molecule has 0 unspecified atom stereocenters. The van der Waals surface area contributed by atoms with Crippen LogP contribution in [0.3, 0.4) is 0 Å². The molecule has 0 fully saturated rings. The second-order valence-electron chi connectivity index (χ2n) is 5.52. The predicted octanol–water partition coefficient (Wildman–Crippen LogP) is 4.05. The van der Waals surface area contributed by atoms with Gasteiger partial charge in [0.05, 0.1) is 5.56 Å². The molecule has 3 aromatic rings. The molecule has 0 saturated heterocycles. The van der Waals surface area contributed by atoms with Gasteiger partial charge in [-0.3, -0.25) is 4.79 Å². The van der Waals surface area contributed by atoms with Crippen LogP contribution in [0.2, 0.25) is 0 Å². The number of rotatable bonds is 5. The average Bonchev–Trinajstić information content (AvgIpc) is 3.05. The van der Waals surface area contributed by atoms with Crippen LogP contribution in [0.1, 0.15) is 33.2 Å². The van der Waals surface area contributed by atoms with Gasteiger partial charge in [-0.2, -0.15) is 0 Å². The summed E-state index contributed by atoms with van der Waals surface area (Å²) in [4.78, 5) is 27.3. The SMILES string of the molecule is CCc1cccc2c(C(=O)COC(=O)c3ccc(F)c(F)c3)c[nH]c12. The van der Waals surface area contributed by atoms with E-state index in [0.29, 0.717) is 5.56 Å². The number of nitrogens with one attached hydrogen (secondary N) is 1. The first-order valence-corrected chi connectivity index (χ1v) is 7.75. The molecule has 0 spiro atoms. The Kier molecular flexibility index (Phi) is 4.61. The normalized spacial score (nSPS) is 10.8. The average molecular weight is 343 g/mol. The second kappa shape index (κ2) is 6.84. The minimum atomic E-state index is -1.15. The first kappa shape index (κ1) is 16.8. The van der Waals surface area contributed by atoms with Crippen molar-refractivity contribution in [2.24, 2.45) is 0 Å². The molecule has 1 N–H and O–H groups in total. The Morgan fingerprint density at radius 1 is 1.12 bits per heavy atom. The molecule has 3 rings (SSSR count). The summed E-state index contributed by atoms with van der Waals surface area (Å²) in [7, 11) is 0. The van der Waals surface area contributed by atoms with Crippen LogP contribution in [0, 0.1) is 11.6 Å². The molecule has 1 aromatic heterocycles. The maximum absolute atomic E-state index is 13.2. The van der Waals surface area contributed by atoms with Crippen LogP contribution in [-0.2, 0) is 11.2 Å². The fraction of sp³-hybridized carbons (Fsp3) is 0.158. The van der Waals surface area contributed by atoms with E-state index in [9.17, 15) is 18.4 Å². The van der Waals surface area contributed by atoms with Gasteiger partial charge in [-0.15, -0.1) is 0 Å². The molecule has 0 atom stereocenters. The number of carbonyl (C=O) groups excluding carboxylic acids is 2. The van der Waals surface area contributed by atoms with Crippen molar-refractivity contribution >= 4 is 22.7 Å². The van der Waals surface area contributed by atoms with Crippen molar-refractivity contribution in [3.05, 3.63) is 70.9 Å². The highest BCUT2D eigenvalue weighted by Gasteiger charge is 2.17. The van der Waals surface area contributed by atoms with Gasteiger partial charge in [0.1, 0.15) is 0 Å². The van der Waals surface area contributed by atoms with Crippen LogP contribution in [0.15, 0.2) is 42.6 Å². The molecule has 0 radical (unpaired) electrons. The highest BCUT2D eigenvalue weighted by Crippen LogP contribution is 2.22. The highest BCUT2D eigenvalue weighted by atomic mass is 19.2. The van der Waals surface area contributed by atoms with E-state index in [-0.39, 0.29) is 11.3 Å². The summed E-state index contributed by atoms with van der Waals surface area (Å²) < 4.78 is 31.0. The highest BCUT2D eigenvalue weighted by molar-refractivity contribution is 6.09. The van der Waals surface area contributed by atoms with Gasteiger partial charge in [0.2, 0.25) is 5.78 Å². The van der Waals surface area contributed by atoms with E-state index in [4.69, 9.17) is 4.74 Å². The molecule has 2 aromatic carbocycles. The lowest BCUT2D eigenvalue weighted by molar-refractivity contribution is 0.0474. The molecule has 4 nitrogen and oxygen atoms in total. The van der Waals surface area contributed by atoms with Gasteiger partial charge in [0.15, 0.2) is 18.2 Å². The van der Waals surface area contributed by atoms with Gasteiger partial charge in [0, 0.05) is 22.7 Å².